The second kappa shape index (κ2) is 3.73. The molecule has 2 saturated heterocycles. The van der Waals surface area contributed by atoms with E-state index >= 15 is 0 Å². The van der Waals surface area contributed by atoms with Crippen LogP contribution >= 0.6 is 0 Å². The third kappa shape index (κ3) is 2.06. The number of fused-ring (bicyclic) bond motifs is 2. The van der Waals surface area contributed by atoms with Crippen LogP contribution in [0.5, 0.6) is 0 Å². The number of piperidine rings is 1. The molecule has 2 unspecified atom stereocenters. The molecule has 3 fully saturated rings. The minimum Gasteiger partial charge on any atom is -0.311 e. The van der Waals surface area contributed by atoms with Crippen molar-refractivity contribution >= 4 is 0 Å². The van der Waals surface area contributed by atoms with E-state index < -0.39 is 5.67 Å². The van der Waals surface area contributed by atoms with Gasteiger partial charge in [-0.25, -0.2) is 4.39 Å². The number of halogens is 1. The molecular formula is C13H22FN. The SMILES string of the molecule is FC1(CC2CCCC2)CC2CCC(C1)N2. The van der Waals surface area contributed by atoms with Gasteiger partial charge in [0.25, 0.3) is 0 Å². The second-order valence-electron chi connectivity index (χ2n) is 6.05. The number of hydrogen-bond donors (Lipinski definition) is 1. The van der Waals surface area contributed by atoms with Gasteiger partial charge in [0.15, 0.2) is 0 Å². The molecule has 86 valence electrons. The van der Waals surface area contributed by atoms with E-state index in [2.05, 4.69) is 5.32 Å². The van der Waals surface area contributed by atoms with Crippen molar-refractivity contribution < 1.29 is 4.39 Å². The quantitative estimate of drug-likeness (QED) is 0.739. The Bertz CT molecular complexity index is 223. The average Bonchev–Trinajstić information content (AvgIpc) is 2.76. The third-order valence-electron chi connectivity index (χ3n) is 4.69. The third-order valence-corrected chi connectivity index (χ3v) is 4.69. The number of alkyl halides is 1. The zero-order chi connectivity index (χ0) is 10.3. The van der Waals surface area contributed by atoms with E-state index in [0.717, 1.165) is 19.3 Å². The van der Waals surface area contributed by atoms with Crippen LogP contribution in [0.2, 0.25) is 0 Å². The maximum Gasteiger partial charge on any atom is 0.114 e. The predicted octanol–water partition coefficient (Wildman–Crippen LogP) is 3.19. The first-order chi connectivity index (χ1) is 7.23. The molecule has 2 heteroatoms. The van der Waals surface area contributed by atoms with Gasteiger partial charge in [0, 0.05) is 12.1 Å². The molecule has 2 heterocycles. The minimum atomic E-state index is -0.813. The van der Waals surface area contributed by atoms with Gasteiger partial charge in [0.1, 0.15) is 5.67 Å². The summed E-state index contributed by atoms with van der Waals surface area (Å²) in [4.78, 5) is 0. The molecular weight excluding hydrogens is 189 g/mol. The number of rotatable bonds is 2. The van der Waals surface area contributed by atoms with Crippen molar-refractivity contribution in [3.63, 3.8) is 0 Å². The van der Waals surface area contributed by atoms with Gasteiger partial charge in [-0.15, -0.1) is 0 Å². The lowest BCUT2D eigenvalue weighted by atomic mass is 9.81. The molecule has 15 heavy (non-hydrogen) atoms. The van der Waals surface area contributed by atoms with Crippen molar-refractivity contribution in [3.8, 4) is 0 Å². The van der Waals surface area contributed by atoms with Crippen LogP contribution in [0.4, 0.5) is 4.39 Å². The molecule has 1 aliphatic carbocycles. The summed E-state index contributed by atoms with van der Waals surface area (Å²) in [7, 11) is 0. The summed E-state index contributed by atoms with van der Waals surface area (Å²) in [6.07, 6.45) is 10.1. The maximum atomic E-state index is 14.7. The minimum absolute atomic E-state index is 0.496. The normalized spacial score (nSPS) is 46.2. The molecule has 0 radical (unpaired) electrons. The smallest absolute Gasteiger partial charge is 0.114 e. The van der Waals surface area contributed by atoms with E-state index in [-0.39, 0.29) is 0 Å². The van der Waals surface area contributed by atoms with Crippen LogP contribution in [0.15, 0.2) is 0 Å². The maximum absolute atomic E-state index is 14.7. The molecule has 2 bridgehead atoms. The molecule has 3 rings (SSSR count). The largest absolute Gasteiger partial charge is 0.311 e. The first-order valence-corrected chi connectivity index (χ1v) is 6.68. The number of nitrogens with one attached hydrogen (secondary N) is 1. The fraction of sp³-hybridized carbons (Fsp3) is 1.00. The fourth-order valence-corrected chi connectivity index (χ4v) is 4.09. The van der Waals surface area contributed by atoms with Crippen molar-refractivity contribution in [2.24, 2.45) is 5.92 Å². The van der Waals surface area contributed by atoms with Gasteiger partial charge in [-0.1, -0.05) is 25.7 Å². The van der Waals surface area contributed by atoms with Crippen molar-refractivity contribution in [2.75, 3.05) is 0 Å². The Balaban J connectivity index is 1.63. The highest BCUT2D eigenvalue weighted by Gasteiger charge is 2.45. The van der Waals surface area contributed by atoms with Crippen LogP contribution in [-0.2, 0) is 0 Å². The molecule has 0 aromatic carbocycles. The zero-order valence-corrected chi connectivity index (χ0v) is 9.47. The molecule has 0 aromatic rings. The Morgan fingerprint density at radius 2 is 1.60 bits per heavy atom. The Kier molecular flexibility index (Phi) is 2.50. The summed E-state index contributed by atoms with van der Waals surface area (Å²) in [6, 6.07) is 0.991. The predicted molar refractivity (Wildman–Crippen MR) is 59.6 cm³/mol. The van der Waals surface area contributed by atoms with E-state index in [1.807, 2.05) is 0 Å². The van der Waals surface area contributed by atoms with Gasteiger partial charge < -0.3 is 5.32 Å². The Morgan fingerprint density at radius 3 is 2.20 bits per heavy atom. The molecule has 0 aromatic heterocycles. The van der Waals surface area contributed by atoms with Gasteiger partial charge >= 0.3 is 0 Å². The zero-order valence-electron chi connectivity index (χ0n) is 9.47. The first kappa shape index (κ1) is 10.1. The van der Waals surface area contributed by atoms with Crippen molar-refractivity contribution in [2.45, 2.75) is 75.5 Å². The van der Waals surface area contributed by atoms with E-state index in [1.54, 1.807) is 0 Å². The summed E-state index contributed by atoms with van der Waals surface area (Å²) in [5.41, 5.74) is -0.813. The van der Waals surface area contributed by atoms with Gasteiger partial charge in [-0.05, 0) is 38.0 Å². The van der Waals surface area contributed by atoms with Crippen molar-refractivity contribution in [1.29, 1.82) is 0 Å². The van der Waals surface area contributed by atoms with E-state index in [1.165, 1.54) is 38.5 Å². The summed E-state index contributed by atoms with van der Waals surface area (Å²) in [5, 5.41) is 3.53. The highest BCUT2D eigenvalue weighted by molar-refractivity contribution is 5.01. The van der Waals surface area contributed by atoms with Crippen LogP contribution in [0.3, 0.4) is 0 Å². The average molecular weight is 211 g/mol. The van der Waals surface area contributed by atoms with Crippen LogP contribution in [0.25, 0.3) is 0 Å². The molecule has 3 aliphatic rings. The fourth-order valence-electron chi connectivity index (χ4n) is 4.09. The molecule has 1 nitrogen and oxygen atoms in total. The van der Waals surface area contributed by atoms with Crippen LogP contribution in [-0.4, -0.2) is 17.8 Å². The standard InChI is InChI=1S/C13H22FN/c14-13(7-10-3-1-2-4-10)8-11-5-6-12(9-13)15-11/h10-12,15H,1-9H2. The van der Waals surface area contributed by atoms with E-state index in [9.17, 15) is 4.39 Å². The molecule has 1 N–H and O–H groups in total. The lowest BCUT2D eigenvalue weighted by Gasteiger charge is -2.36. The Morgan fingerprint density at radius 1 is 1.00 bits per heavy atom. The summed E-state index contributed by atoms with van der Waals surface area (Å²) in [5.74, 6) is 0.701. The van der Waals surface area contributed by atoms with Crippen LogP contribution < -0.4 is 5.32 Å². The topological polar surface area (TPSA) is 12.0 Å². The van der Waals surface area contributed by atoms with Gasteiger partial charge in [0.2, 0.25) is 0 Å². The lowest BCUT2D eigenvalue weighted by Crippen LogP contribution is -2.46. The van der Waals surface area contributed by atoms with Gasteiger partial charge in [-0.2, -0.15) is 0 Å². The summed E-state index contributed by atoms with van der Waals surface area (Å²) < 4.78 is 14.7. The summed E-state index contributed by atoms with van der Waals surface area (Å²) >= 11 is 0. The van der Waals surface area contributed by atoms with E-state index in [0.29, 0.717) is 18.0 Å². The molecule has 2 aliphatic heterocycles. The summed E-state index contributed by atoms with van der Waals surface area (Å²) in [6.45, 7) is 0. The highest BCUT2D eigenvalue weighted by atomic mass is 19.1. The molecule has 0 spiro atoms. The molecule has 0 amide bonds. The molecule has 2 atom stereocenters. The number of hydrogen-bond acceptors (Lipinski definition) is 1. The van der Waals surface area contributed by atoms with E-state index in [4.69, 9.17) is 0 Å². The van der Waals surface area contributed by atoms with Crippen LogP contribution in [0, 0.1) is 5.92 Å². The van der Waals surface area contributed by atoms with Gasteiger partial charge in [0.05, 0.1) is 0 Å². The van der Waals surface area contributed by atoms with Crippen molar-refractivity contribution in [3.05, 3.63) is 0 Å². The molecule has 1 saturated carbocycles. The monoisotopic (exact) mass is 211 g/mol. The van der Waals surface area contributed by atoms with Crippen LogP contribution in [0.1, 0.15) is 57.8 Å². The highest BCUT2D eigenvalue weighted by Crippen LogP contribution is 2.43. The van der Waals surface area contributed by atoms with Gasteiger partial charge in [-0.3, -0.25) is 0 Å². The first-order valence-electron chi connectivity index (χ1n) is 6.68. The van der Waals surface area contributed by atoms with Crippen molar-refractivity contribution in [1.82, 2.24) is 5.32 Å². The Hall–Kier alpha value is -0.110. The lowest BCUT2D eigenvalue weighted by molar-refractivity contribution is 0.0616. The second-order valence-corrected chi connectivity index (χ2v) is 6.05. The Labute approximate surface area is 91.8 Å².